The molecule has 0 saturated carbocycles. The number of fused-ring (bicyclic) bond motifs is 5. The van der Waals surface area contributed by atoms with E-state index in [2.05, 4.69) is 181 Å². The fraction of sp³-hybridized carbons (Fsp3) is 0. The van der Waals surface area contributed by atoms with Gasteiger partial charge in [0.25, 0.3) is 0 Å². The van der Waals surface area contributed by atoms with Gasteiger partial charge in [-0.1, -0.05) is 140 Å². The lowest BCUT2D eigenvalue weighted by Crippen LogP contribution is -2.10. The smallest absolute Gasteiger partial charge is 0.0468 e. The minimum atomic E-state index is 1.12. The first-order chi connectivity index (χ1) is 21.3. The molecule has 0 aliphatic carbocycles. The SMILES string of the molecule is c1ccc(-c2cccc(N(c3cccc(-c4ccccc4)c3)c3ccc4ccc5c6ccccc6ccc5c4c3)c2)cc1. The van der Waals surface area contributed by atoms with Crippen molar-refractivity contribution in [3.05, 3.63) is 176 Å². The largest absolute Gasteiger partial charge is 0.310 e. The van der Waals surface area contributed by atoms with E-state index in [1.807, 2.05) is 0 Å². The monoisotopic (exact) mass is 547 g/mol. The van der Waals surface area contributed by atoms with Crippen LogP contribution in [0.2, 0.25) is 0 Å². The molecule has 0 bridgehead atoms. The molecule has 0 amide bonds. The maximum atomic E-state index is 2.39. The van der Waals surface area contributed by atoms with Gasteiger partial charge in [-0.25, -0.2) is 0 Å². The van der Waals surface area contributed by atoms with Crippen LogP contribution in [0.1, 0.15) is 0 Å². The average Bonchev–Trinajstić information content (AvgIpc) is 3.09. The molecular weight excluding hydrogens is 518 g/mol. The molecule has 1 nitrogen and oxygen atoms in total. The fourth-order valence-electron chi connectivity index (χ4n) is 6.30. The number of benzene rings is 8. The highest BCUT2D eigenvalue weighted by molar-refractivity contribution is 6.17. The predicted molar refractivity (Wildman–Crippen MR) is 185 cm³/mol. The molecule has 8 aromatic carbocycles. The molecule has 0 N–H and O–H groups in total. The number of rotatable bonds is 5. The van der Waals surface area contributed by atoms with Crippen molar-refractivity contribution in [2.75, 3.05) is 4.90 Å². The van der Waals surface area contributed by atoms with Crippen molar-refractivity contribution in [1.29, 1.82) is 0 Å². The summed E-state index contributed by atoms with van der Waals surface area (Å²) in [7, 11) is 0. The summed E-state index contributed by atoms with van der Waals surface area (Å²) in [5, 5.41) is 7.60. The van der Waals surface area contributed by atoms with Crippen LogP contribution in [0, 0.1) is 0 Å². The molecule has 0 aromatic heterocycles. The van der Waals surface area contributed by atoms with E-state index >= 15 is 0 Å². The third-order valence-electron chi connectivity index (χ3n) is 8.41. The van der Waals surface area contributed by atoms with Gasteiger partial charge in [-0.3, -0.25) is 0 Å². The summed E-state index contributed by atoms with van der Waals surface area (Å²) in [4.78, 5) is 2.39. The minimum absolute atomic E-state index is 1.12. The maximum absolute atomic E-state index is 2.39. The Bertz CT molecular complexity index is 2150. The molecule has 0 saturated heterocycles. The Kier molecular flexibility index (Phi) is 6.20. The summed E-state index contributed by atoms with van der Waals surface area (Å²) in [5.41, 5.74) is 8.18. The third-order valence-corrected chi connectivity index (χ3v) is 8.41. The first-order valence-corrected chi connectivity index (χ1v) is 14.8. The van der Waals surface area contributed by atoms with Crippen LogP contribution in [0.3, 0.4) is 0 Å². The molecule has 43 heavy (non-hydrogen) atoms. The topological polar surface area (TPSA) is 3.24 Å². The Labute approximate surface area is 251 Å². The van der Waals surface area contributed by atoms with E-state index in [-0.39, 0.29) is 0 Å². The quantitative estimate of drug-likeness (QED) is 0.194. The Morgan fingerprint density at radius 3 is 1.35 bits per heavy atom. The fourth-order valence-corrected chi connectivity index (χ4v) is 6.30. The van der Waals surface area contributed by atoms with E-state index in [0.29, 0.717) is 0 Å². The normalized spacial score (nSPS) is 11.3. The zero-order valence-corrected chi connectivity index (χ0v) is 23.7. The van der Waals surface area contributed by atoms with Crippen molar-refractivity contribution in [1.82, 2.24) is 0 Å². The summed E-state index contributed by atoms with van der Waals surface area (Å²) in [5.74, 6) is 0. The molecule has 8 aromatic rings. The van der Waals surface area contributed by atoms with Crippen molar-refractivity contribution in [2.24, 2.45) is 0 Å². The highest BCUT2D eigenvalue weighted by Crippen LogP contribution is 2.41. The van der Waals surface area contributed by atoms with Crippen molar-refractivity contribution in [3.8, 4) is 22.3 Å². The van der Waals surface area contributed by atoms with Crippen LogP contribution in [0.5, 0.6) is 0 Å². The minimum Gasteiger partial charge on any atom is -0.310 e. The van der Waals surface area contributed by atoms with E-state index < -0.39 is 0 Å². The highest BCUT2D eigenvalue weighted by atomic mass is 15.1. The molecule has 0 unspecified atom stereocenters. The van der Waals surface area contributed by atoms with Gasteiger partial charge in [0.15, 0.2) is 0 Å². The van der Waals surface area contributed by atoms with Gasteiger partial charge in [-0.05, 0) is 91.0 Å². The number of hydrogen-bond donors (Lipinski definition) is 0. The van der Waals surface area contributed by atoms with E-state index in [1.165, 1.54) is 54.6 Å². The molecule has 0 aliphatic heterocycles. The van der Waals surface area contributed by atoms with Crippen LogP contribution in [0.25, 0.3) is 54.6 Å². The van der Waals surface area contributed by atoms with Crippen molar-refractivity contribution in [3.63, 3.8) is 0 Å². The summed E-state index contributed by atoms with van der Waals surface area (Å²) in [6.07, 6.45) is 0. The van der Waals surface area contributed by atoms with E-state index in [1.54, 1.807) is 0 Å². The molecule has 1 heteroatoms. The van der Waals surface area contributed by atoms with Gasteiger partial charge >= 0.3 is 0 Å². The lowest BCUT2D eigenvalue weighted by atomic mass is 9.96. The second-order valence-corrected chi connectivity index (χ2v) is 11.0. The number of nitrogens with zero attached hydrogens (tertiary/aromatic N) is 1. The number of hydrogen-bond acceptors (Lipinski definition) is 1. The van der Waals surface area contributed by atoms with Crippen LogP contribution in [0.4, 0.5) is 17.1 Å². The summed E-state index contributed by atoms with van der Waals surface area (Å²) >= 11 is 0. The Balaban J connectivity index is 1.35. The molecule has 0 radical (unpaired) electrons. The third kappa shape index (κ3) is 4.62. The van der Waals surface area contributed by atoms with Crippen LogP contribution in [0.15, 0.2) is 176 Å². The zero-order chi connectivity index (χ0) is 28.6. The second-order valence-electron chi connectivity index (χ2n) is 11.0. The van der Waals surface area contributed by atoms with Gasteiger partial charge in [0.05, 0.1) is 0 Å². The zero-order valence-electron chi connectivity index (χ0n) is 23.7. The van der Waals surface area contributed by atoms with Gasteiger partial charge in [-0.15, -0.1) is 0 Å². The van der Waals surface area contributed by atoms with Gasteiger partial charge < -0.3 is 4.90 Å². The Morgan fingerprint density at radius 1 is 0.256 bits per heavy atom. The molecule has 0 heterocycles. The number of anilines is 3. The van der Waals surface area contributed by atoms with E-state index in [9.17, 15) is 0 Å². The van der Waals surface area contributed by atoms with Gasteiger partial charge in [0, 0.05) is 17.1 Å². The summed E-state index contributed by atoms with van der Waals surface area (Å²) in [6.45, 7) is 0. The van der Waals surface area contributed by atoms with Gasteiger partial charge in [0.2, 0.25) is 0 Å². The second kappa shape index (κ2) is 10.6. The summed E-state index contributed by atoms with van der Waals surface area (Å²) < 4.78 is 0. The van der Waals surface area contributed by atoms with Gasteiger partial charge in [-0.2, -0.15) is 0 Å². The van der Waals surface area contributed by atoms with Crippen molar-refractivity contribution >= 4 is 49.4 Å². The highest BCUT2D eigenvalue weighted by Gasteiger charge is 2.16. The molecule has 0 atom stereocenters. The maximum Gasteiger partial charge on any atom is 0.0468 e. The van der Waals surface area contributed by atoms with Crippen LogP contribution < -0.4 is 4.90 Å². The molecular formula is C42H29N. The van der Waals surface area contributed by atoms with Crippen molar-refractivity contribution < 1.29 is 0 Å². The average molecular weight is 548 g/mol. The van der Waals surface area contributed by atoms with Crippen LogP contribution in [-0.2, 0) is 0 Å². The summed E-state index contributed by atoms with van der Waals surface area (Å²) in [6, 6.07) is 63.5. The standard InChI is InChI=1S/C42H29N/c1-3-11-30(12-4-1)34-16-9-18-36(27-34)43(37-19-10-17-35(28-37)31-13-5-2-6-14-31)38-24-21-33-23-25-40-39-20-8-7-15-32(39)22-26-41(40)42(33)29-38/h1-29H. The predicted octanol–water partition coefficient (Wildman–Crippen LogP) is 11.9. The Morgan fingerprint density at radius 2 is 0.721 bits per heavy atom. The first kappa shape index (κ1) is 25.1. The lowest BCUT2D eigenvalue weighted by Gasteiger charge is -2.27. The van der Waals surface area contributed by atoms with E-state index in [0.717, 1.165) is 17.1 Å². The van der Waals surface area contributed by atoms with E-state index in [4.69, 9.17) is 0 Å². The van der Waals surface area contributed by atoms with Crippen LogP contribution >= 0.6 is 0 Å². The van der Waals surface area contributed by atoms with Crippen molar-refractivity contribution in [2.45, 2.75) is 0 Å². The molecule has 8 rings (SSSR count). The molecule has 0 aliphatic rings. The van der Waals surface area contributed by atoms with Gasteiger partial charge in [0.1, 0.15) is 0 Å². The Hall–Kier alpha value is -5.66. The first-order valence-electron chi connectivity index (χ1n) is 14.8. The van der Waals surface area contributed by atoms with Crippen LogP contribution in [-0.4, -0.2) is 0 Å². The lowest BCUT2D eigenvalue weighted by molar-refractivity contribution is 1.29. The molecule has 0 fully saturated rings. The molecule has 202 valence electrons. The molecule has 0 spiro atoms.